The van der Waals surface area contributed by atoms with Gasteiger partial charge in [-0.2, -0.15) is 26.9 Å². The van der Waals surface area contributed by atoms with E-state index < -0.39 is 41.4 Å². The van der Waals surface area contributed by atoms with Gasteiger partial charge in [0, 0.05) is 19.8 Å². The van der Waals surface area contributed by atoms with E-state index in [0.717, 1.165) is 11.8 Å². The summed E-state index contributed by atoms with van der Waals surface area (Å²) in [6, 6.07) is 7.82. The first-order valence-electron chi connectivity index (χ1n) is 7.33. The normalized spacial score (nSPS) is 12.0. The third-order valence-corrected chi connectivity index (χ3v) is 5.12. The minimum Gasteiger partial charge on any atom is -0.378 e. The molecule has 2 aromatic carbocycles. The Bertz CT molecular complexity index is 1130. The van der Waals surface area contributed by atoms with Gasteiger partial charge in [0.05, 0.1) is 11.4 Å². The molecule has 148 valence electrons. The van der Waals surface area contributed by atoms with E-state index >= 15 is 0 Å². The summed E-state index contributed by atoms with van der Waals surface area (Å²) in [6.07, 6.45) is 1.10. The number of nitrogens with zero attached hydrogens (tertiary/aromatic N) is 4. The molecule has 0 unspecified atom stereocenters. The van der Waals surface area contributed by atoms with Crippen molar-refractivity contribution in [1.82, 2.24) is 0 Å². The van der Waals surface area contributed by atoms with Crippen LogP contribution < -0.4 is 4.90 Å². The zero-order valence-electron chi connectivity index (χ0n) is 14.5. The predicted molar refractivity (Wildman–Crippen MR) is 98.8 cm³/mol. The molecule has 0 aromatic heterocycles. The number of aliphatic imine (C=N–C) groups is 1. The van der Waals surface area contributed by atoms with Crippen LogP contribution in [0.4, 0.5) is 22.7 Å². The highest BCUT2D eigenvalue weighted by atomic mass is 32.2. The van der Waals surface area contributed by atoms with Crippen LogP contribution in [0.3, 0.4) is 0 Å². The molecular formula is C15H14N4O7S2. The maximum atomic E-state index is 11.7. The van der Waals surface area contributed by atoms with E-state index in [0.29, 0.717) is 12.1 Å². The summed E-state index contributed by atoms with van der Waals surface area (Å²) < 4.78 is 65.4. The molecule has 0 aliphatic heterocycles. The lowest BCUT2D eigenvalue weighted by Crippen LogP contribution is -2.07. The first-order valence-corrected chi connectivity index (χ1v) is 10.2. The highest BCUT2D eigenvalue weighted by Crippen LogP contribution is 2.37. The van der Waals surface area contributed by atoms with Crippen LogP contribution in [0, 0.1) is 0 Å². The van der Waals surface area contributed by atoms with E-state index in [-0.39, 0.29) is 5.69 Å². The Hall–Kier alpha value is -2.96. The topological polar surface area (TPSA) is 166 Å². The van der Waals surface area contributed by atoms with E-state index in [1.54, 1.807) is 12.1 Å². The van der Waals surface area contributed by atoms with Crippen molar-refractivity contribution in [2.24, 2.45) is 15.2 Å². The van der Waals surface area contributed by atoms with E-state index in [4.69, 9.17) is 0 Å². The van der Waals surface area contributed by atoms with Crippen LogP contribution in [-0.2, 0) is 25.0 Å². The lowest BCUT2D eigenvalue weighted by atomic mass is 10.3. The highest BCUT2D eigenvalue weighted by molar-refractivity contribution is 7.87. The molecule has 0 amide bonds. The van der Waals surface area contributed by atoms with Crippen molar-refractivity contribution in [3.05, 3.63) is 36.4 Å². The van der Waals surface area contributed by atoms with Gasteiger partial charge in [0.1, 0.15) is 15.5 Å². The van der Waals surface area contributed by atoms with Gasteiger partial charge in [0.15, 0.2) is 0 Å². The van der Waals surface area contributed by atoms with E-state index in [1.807, 2.05) is 19.0 Å². The average Bonchev–Trinajstić information content (AvgIpc) is 2.59. The van der Waals surface area contributed by atoms with E-state index in [9.17, 15) is 30.7 Å². The van der Waals surface area contributed by atoms with Gasteiger partial charge in [-0.3, -0.25) is 9.11 Å². The Kier molecular flexibility index (Phi) is 6.07. The maximum absolute atomic E-state index is 11.7. The van der Waals surface area contributed by atoms with Crippen LogP contribution >= 0.6 is 0 Å². The second-order valence-electron chi connectivity index (χ2n) is 5.55. The number of carbonyl (C=O) groups excluding carboxylic acids is 1. The van der Waals surface area contributed by atoms with Gasteiger partial charge in [0.25, 0.3) is 20.2 Å². The molecule has 13 heteroatoms. The summed E-state index contributed by atoms with van der Waals surface area (Å²) in [6.45, 7) is 0. The van der Waals surface area contributed by atoms with Crippen molar-refractivity contribution in [2.75, 3.05) is 19.0 Å². The molecule has 0 saturated heterocycles. The Balaban J connectivity index is 2.71. The lowest BCUT2D eigenvalue weighted by molar-refractivity contribution is 0.481. The second kappa shape index (κ2) is 7.96. The summed E-state index contributed by atoms with van der Waals surface area (Å²) in [5.41, 5.74) is -0.244. The lowest BCUT2D eigenvalue weighted by Gasteiger charge is -2.11. The van der Waals surface area contributed by atoms with Crippen molar-refractivity contribution in [2.45, 2.75) is 9.79 Å². The molecule has 2 N–H and O–H groups in total. The summed E-state index contributed by atoms with van der Waals surface area (Å²) in [5, 5.41) is 7.33. The standard InChI is InChI=1S/C15H14N4O7S2/c1-19(2)12-5-3-10(4-6-12)17-18-15-13(27(21,22)23)7-11(16-9-20)8-14(15)28(24,25)26/h3-8H,1-2H3,(H,21,22,23)(H,24,25,26)/b18-17+. The third-order valence-electron chi connectivity index (χ3n) is 3.39. The van der Waals surface area contributed by atoms with Gasteiger partial charge in [-0.1, -0.05) is 0 Å². The van der Waals surface area contributed by atoms with Gasteiger partial charge in [-0.05, 0) is 36.4 Å². The molecule has 28 heavy (non-hydrogen) atoms. The Labute approximate surface area is 160 Å². The average molecular weight is 426 g/mol. The quantitative estimate of drug-likeness (QED) is 0.308. The number of azo groups is 1. The largest absolute Gasteiger partial charge is 0.378 e. The van der Waals surface area contributed by atoms with Crippen molar-refractivity contribution in [3.8, 4) is 0 Å². The Morgan fingerprint density at radius 2 is 1.36 bits per heavy atom. The zero-order chi connectivity index (χ0) is 21.1. The molecular weight excluding hydrogens is 412 g/mol. The third kappa shape index (κ3) is 5.06. The highest BCUT2D eigenvalue weighted by Gasteiger charge is 2.26. The molecule has 2 aromatic rings. The van der Waals surface area contributed by atoms with Crippen molar-refractivity contribution in [1.29, 1.82) is 0 Å². The fraction of sp³-hybridized carbons (Fsp3) is 0.133. The summed E-state index contributed by atoms with van der Waals surface area (Å²) in [4.78, 5) is 13.3. The summed E-state index contributed by atoms with van der Waals surface area (Å²) >= 11 is 0. The predicted octanol–water partition coefficient (Wildman–Crippen LogP) is 2.63. The fourth-order valence-corrected chi connectivity index (χ4v) is 3.50. The number of isocyanates is 1. The van der Waals surface area contributed by atoms with Crippen LogP contribution in [0.25, 0.3) is 0 Å². The molecule has 0 saturated carbocycles. The van der Waals surface area contributed by atoms with Crippen molar-refractivity contribution >= 4 is 49.1 Å². The number of anilines is 1. The van der Waals surface area contributed by atoms with Crippen LogP contribution in [0.1, 0.15) is 0 Å². The molecule has 2 rings (SSSR count). The first kappa shape index (κ1) is 21.3. The van der Waals surface area contributed by atoms with Crippen molar-refractivity contribution in [3.63, 3.8) is 0 Å². The molecule has 0 atom stereocenters. The molecule has 0 radical (unpaired) electrons. The molecule has 0 spiro atoms. The fourth-order valence-electron chi connectivity index (χ4n) is 2.10. The van der Waals surface area contributed by atoms with Gasteiger partial charge in [-0.25, -0.2) is 4.79 Å². The molecule has 11 nitrogen and oxygen atoms in total. The van der Waals surface area contributed by atoms with Gasteiger partial charge >= 0.3 is 0 Å². The maximum Gasteiger partial charge on any atom is 0.296 e. The smallest absolute Gasteiger partial charge is 0.296 e. The van der Waals surface area contributed by atoms with Gasteiger partial charge < -0.3 is 4.90 Å². The van der Waals surface area contributed by atoms with E-state index in [1.165, 1.54) is 12.1 Å². The molecule has 0 bridgehead atoms. The molecule has 0 fully saturated rings. The number of hydrogen-bond acceptors (Lipinski definition) is 9. The van der Waals surface area contributed by atoms with Gasteiger partial charge in [-0.15, -0.1) is 5.11 Å². The minimum atomic E-state index is -5.01. The molecule has 0 heterocycles. The van der Waals surface area contributed by atoms with Crippen molar-refractivity contribution < 1.29 is 30.7 Å². The molecule has 0 aliphatic carbocycles. The summed E-state index contributed by atoms with van der Waals surface area (Å²) in [5.74, 6) is 0. The second-order valence-corrected chi connectivity index (χ2v) is 8.33. The Morgan fingerprint density at radius 3 is 1.75 bits per heavy atom. The van der Waals surface area contributed by atoms with Crippen LogP contribution in [0.2, 0.25) is 0 Å². The zero-order valence-corrected chi connectivity index (χ0v) is 16.1. The Morgan fingerprint density at radius 1 is 0.857 bits per heavy atom. The van der Waals surface area contributed by atoms with Crippen LogP contribution in [0.5, 0.6) is 0 Å². The number of rotatable bonds is 6. The number of benzene rings is 2. The summed E-state index contributed by atoms with van der Waals surface area (Å²) in [7, 11) is -6.38. The van der Waals surface area contributed by atoms with E-state index in [2.05, 4.69) is 15.2 Å². The minimum absolute atomic E-state index is 0.239. The SMILES string of the molecule is CN(C)c1ccc(/N=N/c2c(S(=O)(=O)O)cc(N=C=O)cc2S(=O)(=O)O)cc1. The van der Waals surface area contributed by atoms with Crippen LogP contribution in [0.15, 0.2) is 61.4 Å². The first-order chi connectivity index (χ1) is 12.9. The number of hydrogen-bond donors (Lipinski definition) is 2. The van der Waals surface area contributed by atoms with Crippen LogP contribution in [-0.4, -0.2) is 46.1 Å². The molecule has 0 aliphatic rings. The monoisotopic (exact) mass is 426 g/mol. The van der Waals surface area contributed by atoms with Gasteiger partial charge in [0.2, 0.25) is 6.08 Å².